The normalized spacial score (nSPS) is 12.6. The number of aromatic nitrogens is 2. The Bertz CT molecular complexity index is 1140. The molecule has 0 radical (unpaired) electrons. The van der Waals surface area contributed by atoms with Crippen LogP contribution < -0.4 is 4.74 Å². The Morgan fingerprint density at radius 1 is 1.12 bits per heavy atom. The number of hydrogen-bond acceptors (Lipinski definition) is 3. The van der Waals surface area contributed by atoms with E-state index in [1.54, 1.807) is 4.68 Å². The molecule has 8 heteroatoms. The average Bonchev–Trinajstić information content (AvgIpc) is 3.04. The molecule has 0 amide bonds. The van der Waals surface area contributed by atoms with Gasteiger partial charge in [-0.3, -0.25) is 4.79 Å². The van der Waals surface area contributed by atoms with E-state index in [1.165, 1.54) is 12.1 Å². The van der Waals surface area contributed by atoms with Gasteiger partial charge in [0.2, 0.25) is 0 Å². The summed E-state index contributed by atoms with van der Waals surface area (Å²) in [5.74, 6) is -0.129. The van der Waals surface area contributed by atoms with Crippen molar-refractivity contribution in [2.75, 3.05) is 6.61 Å². The Hall–Kier alpha value is -3.29. The fourth-order valence-corrected chi connectivity index (χ4v) is 4.00. The number of ether oxygens (including phenoxy) is 1. The fourth-order valence-electron chi connectivity index (χ4n) is 4.00. The molecule has 1 aromatic heterocycles. The number of benzene rings is 2. The highest BCUT2D eigenvalue weighted by molar-refractivity contribution is 5.67. The van der Waals surface area contributed by atoms with Crippen LogP contribution in [-0.2, 0) is 17.4 Å². The van der Waals surface area contributed by atoms with Crippen LogP contribution in [0.3, 0.4) is 0 Å². The van der Waals surface area contributed by atoms with Crippen molar-refractivity contribution in [2.45, 2.75) is 52.6 Å². The molecule has 0 fully saturated rings. The zero-order chi connectivity index (χ0) is 24.3. The van der Waals surface area contributed by atoms with Crippen LogP contribution in [0.5, 0.6) is 5.75 Å². The van der Waals surface area contributed by atoms with Crippen molar-refractivity contribution < 1.29 is 27.8 Å². The molecule has 0 spiro atoms. The fraction of sp³-hybridized carbons (Fsp3) is 0.360. The zero-order valence-corrected chi connectivity index (χ0v) is 19.0. The van der Waals surface area contributed by atoms with Gasteiger partial charge in [0.25, 0.3) is 0 Å². The molecule has 0 bridgehead atoms. The summed E-state index contributed by atoms with van der Waals surface area (Å²) < 4.78 is 46.2. The van der Waals surface area contributed by atoms with Gasteiger partial charge in [0.1, 0.15) is 5.75 Å². The summed E-state index contributed by atoms with van der Waals surface area (Å²) in [5.41, 5.74) is 4.46. The van der Waals surface area contributed by atoms with Crippen molar-refractivity contribution >= 4 is 5.97 Å². The third-order valence-corrected chi connectivity index (χ3v) is 5.70. The lowest BCUT2D eigenvalue weighted by molar-refractivity contribution is -0.138. The Morgan fingerprint density at radius 3 is 2.36 bits per heavy atom. The van der Waals surface area contributed by atoms with E-state index in [2.05, 4.69) is 5.10 Å². The van der Waals surface area contributed by atoms with E-state index in [-0.39, 0.29) is 12.3 Å². The molecule has 33 heavy (non-hydrogen) atoms. The van der Waals surface area contributed by atoms with Crippen LogP contribution >= 0.6 is 0 Å². The van der Waals surface area contributed by atoms with Crippen LogP contribution in [0.2, 0.25) is 0 Å². The molecule has 2 aromatic carbocycles. The van der Waals surface area contributed by atoms with Gasteiger partial charge in [-0.25, -0.2) is 4.68 Å². The first kappa shape index (κ1) is 24.4. The van der Waals surface area contributed by atoms with E-state index in [0.717, 1.165) is 40.2 Å². The monoisotopic (exact) mass is 460 g/mol. The Morgan fingerprint density at radius 2 is 1.79 bits per heavy atom. The van der Waals surface area contributed by atoms with E-state index in [1.807, 2.05) is 45.9 Å². The maximum Gasteiger partial charge on any atom is 0.416 e. The summed E-state index contributed by atoms with van der Waals surface area (Å²) in [4.78, 5) is 10.8. The highest BCUT2D eigenvalue weighted by Crippen LogP contribution is 2.31. The maximum atomic E-state index is 12.9. The van der Waals surface area contributed by atoms with Crippen molar-refractivity contribution in [1.82, 2.24) is 9.78 Å². The zero-order valence-electron chi connectivity index (χ0n) is 19.0. The summed E-state index contributed by atoms with van der Waals surface area (Å²) in [6.07, 6.45) is -3.82. The van der Waals surface area contributed by atoms with Gasteiger partial charge in [0.15, 0.2) is 0 Å². The first-order valence-electron chi connectivity index (χ1n) is 10.6. The van der Waals surface area contributed by atoms with Crippen LogP contribution in [0.1, 0.15) is 52.9 Å². The Labute approximate surface area is 190 Å². The van der Waals surface area contributed by atoms with Crippen LogP contribution in [0, 0.1) is 20.8 Å². The SMILES string of the molecule is Cc1cc(OCC(C)c2c(C)nn(-c3ccc(C(F)(F)F)cc3)c2C)ccc1CCC(=O)O. The van der Waals surface area contributed by atoms with Gasteiger partial charge in [-0.2, -0.15) is 18.3 Å². The summed E-state index contributed by atoms with van der Waals surface area (Å²) in [6, 6.07) is 10.6. The van der Waals surface area contributed by atoms with E-state index >= 15 is 0 Å². The predicted molar refractivity (Wildman–Crippen MR) is 119 cm³/mol. The third kappa shape index (κ3) is 5.74. The number of carbonyl (C=O) groups is 1. The molecule has 1 unspecified atom stereocenters. The Balaban J connectivity index is 1.72. The first-order valence-corrected chi connectivity index (χ1v) is 10.6. The van der Waals surface area contributed by atoms with Crippen molar-refractivity contribution in [1.29, 1.82) is 0 Å². The second-order valence-electron chi connectivity index (χ2n) is 8.24. The average molecular weight is 460 g/mol. The van der Waals surface area contributed by atoms with Gasteiger partial charge in [-0.1, -0.05) is 13.0 Å². The second kappa shape index (κ2) is 9.68. The number of hydrogen-bond donors (Lipinski definition) is 1. The van der Waals surface area contributed by atoms with E-state index in [4.69, 9.17) is 9.84 Å². The highest BCUT2D eigenvalue weighted by Gasteiger charge is 2.30. The number of aliphatic carboxylic acids is 1. The molecule has 1 atom stereocenters. The molecule has 0 aliphatic rings. The minimum Gasteiger partial charge on any atom is -0.493 e. The number of carboxylic acid groups (broad SMARTS) is 1. The molecule has 3 aromatic rings. The molecule has 0 saturated heterocycles. The van der Waals surface area contributed by atoms with Crippen LogP contribution in [0.15, 0.2) is 42.5 Å². The second-order valence-corrected chi connectivity index (χ2v) is 8.24. The van der Waals surface area contributed by atoms with Crippen molar-refractivity contribution in [3.63, 3.8) is 0 Å². The smallest absolute Gasteiger partial charge is 0.416 e. The number of nitrogens with zero attached hydrogens (tertiary/aromatic N) is 2. The van der Waals surface area contributed by atoms with Crippen LogP contribution in [0.4, 0.5) is 13.2 Å². The molecule has 0 aliphatic carbocycles. The third-order valence-electron chi connectivity index (χ3n) is 5.70. The van der Waals surface area contributed by atoms with Gasteiger partial charge in [-0.15, -0.1) is 0 Å². The lowest BCUT2D eigenvalue weighted by atomic mass is 10.00. The molecule has 0 saturated carbocycles. The number of carboxylic acids is 1. The molecule has 3 rings (SSSR count). The largest absolute Gasteiger partial charge is 0.493 e. The van der Waals surface area contributed by atoms with Crippen molar-refractivity contribution in [2.24, 2.45) is 0 Å². The Kier molecular flexibility index (Phi) is 7.15. The quantitative estimate of drug-likeness (QED) is 0.447. The topological polar surface area (TPSA) is 64.4 Å². The van der Waals surface area contributed by atoms with Crippen LogP contribution in [-0.4, -0.2) is 27.5 Å². The molecule has 0 aliphatic heterocycles. The molecular formula is C25H27F3N2O3. The standard InChI is InChI=1S/C25H27F3N2O3/c1-15-13-22(11-5-19(15)6-12-23(31)32)33-14-16(2)24-17(3)29-30(18(24)4)21-9-7-20(8-10-21)25(26,27)28/h5,7-11,13,16H,6,12,14H2,1-4H3,(H,31,32). The summed E-state index contributed by atoms with van der Waals surface area (Å²) >= 11 is 0. The maximum absolute atomic E-state index is 12.9. The minimum absolute atomic E-state index is 0.000177. The van der Waals surface area contributed by atoms with Gasteiger partial charge < -0.3 is 9.84 Å². The lowest BCUT2D eigenvalue weighted by Gasteiger charge is -2.15. The van der Waals surface area contributed by atoms with Gasteiger partial charge >= 0.3 is 12.1 Å². The molecule has 1 N–H and O–H groups in total. The number of halogens is 3. The number of aryl methyl sites for hydroxylation is 3. The summed E-state index contributed by atoms with van der Waals surface area (Å²) in [6.45, 7) is 8.11. The highest BCUT2D eigenvalue weighted by atomic mass is 19.4. The molecule has 1 heterocycles. The first-order chi connectivity index (χ1) is 15.5. The number of rotatable bonds is 8. The van der Waals surface area contributed by atoms with Gasteiger partial charge in [-0.05, 0) is 74.7 Å². The van der Waals surface area contributed by atoms with Crippen molar-refractivity contribution in [3.05, 3.63) is 76.1 Å². The number of alkyl halides is 3. The summed E-state index contributed by atoms with van der Waals surface area (Å²) in [7, 11) is 0. The van der Waals surface area contributed by atoms with E-state index < -0.39 is 17.7 Å². The van der Waals surface area contributed by atoms with Crippen molar-refractivity contribution in [3.8, 4) is 11.4 Å². The molecule has 176 valence electrons. The van der Waals surface area contributed by atoms with E-state index in [0.29, 0.717) is 24.5 Å². The molecular weight excluding hydrogens is 433 g/mol. The lowest BCUT2D eigenvalue weighted by Crippen LogP contribution is -2.10. The predicted octanol–water partition coefficient (Wildman–Crippen LogP) is 6.02. The van der Waals surface area contributed by atoms with Gasteiger partial charge in [0.05, 0.1) is 23.6 Å². The summed E-state index contributed by atoms with van der Waals surface area (Å²) in [5, 5.41) is 13.4. The molecule has 5 nitrogen and oxygen atoms in total. The van der Waals surface area contributed by atoms with Crippen LogP contribution in [0.25, 0.3) is 5.69 Å². The minimum atomic E-state index is -4.38. The van der Waals surface area contributed by atoms with Gasteiger partial charge in [0, 0.05) is 23.6 Å². The van der Waals surface area contributed by atoms with E-state index in [9.17, 15) is 18.0 Å².